The molecule has 134 valence electrons. The monoisotopic (exact) mass is 352 g/mol. The number of methoxy groups -OCH3 is 2. The van der Waals surface area contributed by atoms with Crippen molar-refractivity contribution in [3.05, 3.63) is 47.8 Å². The van der Waals surface area contributed by atoms with Gasteiger partial charge in [-0.15, -0.1) is 0 Å². The van der Waals surface area contributed by atoms with Crippen molar-refractivity contribution >= 4 is 16.7 Å². The fourth-order valence-electron chi connectivity index (χ4n) is 2.91. The topological polar surface area (TPSA) is 70.5 Å². The molecule has 0 aliphatic heterocycles. The van der Waals surface area contributed by atoms with Crippen LogP contribution in [0, 0.1) is 6.92 Å². The Morgan fingerprint density at radius 2 is 1.81 bits per heavy atom. The molecule has 3 rings (SSSR count). The van der Waals surface area contributed by atoms with Gasteiger partial charge in [-0.05, 0) is 19.9 Å². The zero-order valence-electron chi connectivity index (χ0n) is 15.2. The third-order valence-corrected chi connectivity index (χ3v) is 4.02. The minimum Gasteiger partial charge on any atom is -0.494 e. The summed E-state index contributed by atoms with van der Waals surface area (Å²) in [5, 5.41) is 1.41. The number of carbonyl (C=O) groups excluding carboxylic acids is 1. The number of fused-ring (bicyclic) bond motifs is 1. The highest BCUT2D eigenvalue weighted by molar-refractivity contribution is 6.03. The van der Waals surface area contributed by atoms with Gasteiger partial charge in [0.25, 0.3) is 0 Å². The molecule has 0 aliphatic carbocycles. The molecule has 6 nitrogen and oxygen atoms in total. The summed E-state index contributed by atoms with van der Waals surface area (Å²) >= 11 is 0. The molecule has 26 heavy (non-hydrogen) atoms. The van der Waals surface area contributed by atoms with Crippen LogP contribution in [0.3, 0.4) is 0 Å². The van der Waals surface area contributed by atoms with Gasteiger partial charge in [-0.1, -0.05) is 30.3 Å². The average molecular weight is 352 g/mol. The van der Waals surface area contributed by atoms with Gasteiger partial charge in [0.05, 0.1) is 37.6 Å². The third kappa shape index (κ3) is 3.06. The molecule has 2 aromatic heterocycles. The Labute approximate surface area is 151 Å². The first-order valence-corrected chi connectivity index (χ1v) is 8.26. The number of benzene rings is 1. The average Bonchev–Trinajstić information content (AvgIpc) is 2.67. The molecule has 0 saturated heterocycles. The summed E-state index contributed by atoms with van der Waals surface area (Å²) in [7, 11) is 3.01. The van der Waals surface area contributed by atoms with Gasteiger partial charge in [-0.3, -0.25) is 4.98 Å². The molecule has 0 N–H and O–H groups in total. The zero-order valence-corrected chi connectivity index (χ0v) is 15.2. The van der Waals surface area contributed by atoms with Crippen LogP contribution in [-0.4, -0.2) is 36.8 Å². The lowest BCUT2D eigenvalue weighted by Gasteiger charge is -2.15. The molecule has 0 atom stereocenters. The molecule has 2 heterocycles. The predicted octanol–water partition coefficient (Wildman–Crippen LogP) is 3.80. The third-order valence-electron chi connectivity index (χ3n) is 4.02. The number of carbonyl (C=O) groups is 1. The number of rotatable bonds is 5. The van der Waals surface area contributed by atoms with Gasteiger partial charge in [0.1, 0.15) is 0 Å². The molecule has 0 amide bonds. The highest BCUT2D eigenvalue weighted by atomic mass is 16.5. The highest BCUT2D eigenvalue weighted by Gasteiger charge is 2.24. The second kappa shape index (κ2) is 7.39. The van der Waals surface area contributed by atoms with Crippen molar-refractivity contribution in [2.24, 2.45) is 0 Å². The van der Waals surface area contributed by atoms with Crippen molar-refractivity contribution in [3.63, 3.8) is 0 Å². The van der Waals surface area contributed by atoms with Crippen LogP contribution in [0.25, 0.3) is 22.0 Å². The number of esters is 1. The Morgan fingerprint density at radius 1 is 1.08 bits per heavy atom. The van der Waals surface area contributed by atoms with Crippen molar-refractivity contribution in [2.75, 3.05) is 20.8 Å². The van der Waals surface area contributed by atoms with Crippen LogP contribution >= 0.6 is 0 Å². The maximum atomic E-state index is 12.3. The van der Waals surface area contributed by atoms with Crippen LogP contribution in [0.4, 0.5) is 0 Å². The van der Waals surface area contributed by atoms with Gasteiger partial charge in [-0.25, -0.2) is 9.78 Å². The van der Waals surface area contributed by atoms with Crippen LogP contribution in [0.2, 0.25) is 0 Å². The van der Waals surface area contributed by atoms with Crippen molar-refractivity contribution in [2.45, 2.75) is 13.8 Å². The van der Waals surface area contributed by atoms with Crippen molar-refractivity contribution in [1.29, 1.82) is 0 Å². The SMILES string of the molecule is CCOC(=O)c1nc(OC)c2c(C)nc(-c3ccccc3)cc2c1OC. The lowest BCUT2D eigenvalue weighted by Crippen LogP contribution is -2.11. The Hall–Kier alpha value is -3.15. The Kier molecular flexibility index (Phi) is 5.02. The van der Waals surface area contributed by atoms with E-state index in [4.69, 9.17) is 14.2 Å². The summed E-state index contributed by atoms with van der Waals surface area (Å²) in [6.45, 7) is 3.86. The summed E-state index contributed by atoms with van der Waals surface area (Å²) in [5.74, 6) is 0.107. The maximum absolute atomic E-state index is 12.3. The standard InChI is InChI=1S/C20H20N2O4/c1-5-26-20(23)17-18(24-3)14-11-15(13-9-7-6-8-10-13)21-12(2)16(14)19(22-17)25-4/h6-11H,5H2,1-4H3. The summed E-state index contributed by atoms with van der Waals surface area (Å²) < 4.78 is 16.0. The van der Waals surface area contributed by atoms with E-state index in [2.05, 4.69) is 9.97 Å². The molecule has 0 aliphatic rings. The van der Waals surface area contributed by atoms with Gasteiger partial charge in [0, 0.05) is 10.9 Å². The quantitative estimate of drug-likeness (QED) is 0.651. The molecule has 3 aromatic rings. The lowest BCUT2D eigenvalue weighted by atomic mass is 10.0. The number of nitrogens with zero attached hydrogens (tertiary/aromatic N) is 2. The maximum Gasteiger partial charge on any atom is 0.360 e. The largest absolute Gasteiger partial charge is 0.494 e. The molecular weight excluding hydrogens is 332 g/mol. The number of aryl methyl sites for hydroxylation is 1. The number of ether oxygens (including phenoxy) is 3. The molecule has 6 heteroatoms. The van der Waals surface area contributed by atoms with Gasteiger partial charge in [0.2, 0.25) is 5.88 Å². The van der Waals surface area contributed by atoms with Crippen LogP contribution in [-0.2, 0) is 4.74 Å². The summed E-state index contributed by atoms with van der Waals surface area (Å²) in [6.07, 6.45) is 0. The highest BCUT2D eigenvalue weighted by Crippen LogP contribution is 2.38. The lowest BCUT2D eigenvalue weighted by molar-refractivity contribution is 0.0515. The van der Waals surface area contributed by atoms with E-state index in [9.17, 15) is 4.79 Å². The summed E-state index contributed by atoms with van der Waals surface area (Å²) in [6, 6.07) is 11.7. The minimum atomic E-state index is -0.555. The molecule has 0 radical (unpaired) electrons. The zero-order chi connectivity index (χ0) is 18.7. The van der Waals surface area contributed by atoms with Gasteiger partial charge >= 0.3 is 5.97 Å². The first-order valence-electron chi connectivity index (χ1n) is 8.26. The van der Waals surface area contributed by atoms with E-state index in [-0.39, 0.29) is 12.3 Å². The first-order chi connectivity index (χ1) is 12.6. The molecule has 0 fully saturated rings. The van der Waals surface area contributed by atoms with Crippen molar-refractivity contribution in [1.82, 2.24) is 9.97 Å². The van der Waals surface area contributed by atoms with E-state index < -0.39 is 5.97 Å². The summed E-state index contributed by atoms with van der Waals surface area (Å²) in [4.78, 5) is 21.3. The van der Waals surface area contributed by atoms with E-state index >= 15 is 0 Å². The molecule has 0 bridgehead atoms. The smallest absolute Gasteiger partial charge is 0.360 e. The van der Waals surface area contributed by atoms with E-state index in [0.717, 1.165) is 17.0 Å². The fraction of sp³-hybridized carbons (Fsp3) is 0.250. The summed E-state index contributed by atoms with van der Waals surface area (Å²) in [5.41, 5.74) is 2.56. The second-order valence-corrected chi connectivity index (χ2v) is 5.60. The number of hydrogen-bond donors (Lipinski definition) is 0. The number of aromatic nitrogens is 2. The van der Waals surface area contributed by atoms with Gasteiger partial charge in [-0.2, -0.15) is 0 Å². The Morgan fingerprint density at radius 3 is 2.42 bits per heavy atom. The molecule has 0 spiro atoms. The van der Waals surface area contributed by atoms with Crippen molar-refractivity contribution in [3.8, 4) is 22.9 Å². The number of pyridine rings is 2. The van der Waals surface area contributed by atoms with Crippen LogP contribution in [0.5, 0.6) is 11.6 Å². The van der Waals surface area contributed by atoms with Gasteiger partial charge < -0.3 is 14.2 Å². The molecular formula is C20H20N2O4. The second-order valence-electron chi connectivity index (χ2n) is 5.60. The Bertz CT molecular complexity index is 955. The van der Waals surface area contributed by atoms with Crippen LogP contribution < -0.4 is 9.47 Å². The van der Waals surface area contributed by atoms with E-state index in [0.29, 0.717) is 22.4 Å². The molecule has 1 aromatic carbocycles. The molecule has 0 saturated carbocycles. The van der Waals surface area contributed by atoms with Crippen LogP contribution in [0.1, 0.15) is 23.1 Å². The van der Waals surface area contributed by atoms with Gasteiger partial charge in [0.15, 0.2) is 11.4 Å². The van der Waals surface area contributed by atoms with E-state index in [1.54, 1.807) is 6.92 Å². The Balaban J connectivity index is 2.35. The van der Waals surface area contributed by atoms with Crippen molar-refractivity contribution < 1.29 is 19.0 Å². The molecule has 0 unspecified atom stereocenters. The van der Waals surface area contributed by atoms with E-state index in [1.807, 2.05) is 43.3 Å². The predicted molar refractivity (Wildman–Crippen MR) is 98.8 cm³/mol. The van der Waals surface area contributed by atoms with Crippen LogP contribution in [0.15, 0.2) is 36.4 Å². The van der Waals surface area contributed by atoms with E-state index in [1.165, 1.54) is 14.2 Å². The normalized spacial score (nSPS) is 10.6. The fourth-order valence-corrected chi connectivity index (χ4v) is 2.91. The minimum absolute atomic E-state index is 0.0864. The number of hydrogen-bond acceptors (Lipinski definition) is 6. The first kappa shape index (κ1) is 17.7.